The van der Waals surface area contributed by atoms with E-state index in [0.29, 0.717) is 37.6 Å². The summed E-state index contributed by atoms with van der Waals surface area (Å²) in [6.07, 6.45) is 5.62. The van der Waals surface area contributed by atoms with Crippen molar-refractivity contribution in [3.8, 4) is 11.5 Å². The summed E-state index contributed by atoms with van der Waals surface area (Å²) in [6.45, 7) is 1.08. The van der Waals surface area contributed by atoms with Crippen LogP contribution < -0.4 is 9.47 Å². The van der Waals surface area contributed by atoms with Crippen LogP contribution in [0.1, 0.15) is 44.1 Å². The lowest BCUT2D eigenvalue weighted by Crippen LogP contribution is -2.35. The molecule has 1 aromatic rings. The monoisotopic (exact) mass is 276 g/mol. The van der Waals surface area contributed by atoms with Crippen molar-refractivity contribution in [3.63, 3.8) is 0 Å². The summed E-state index contributed by atoms with van der Waals surface area (Å²) >= 11 is 0. The molecule has 1 heterocycles. The molecule has 0 atom stereocenters. The number of aliphatic carboxylic acids is 1. The van der Waals surface area contributed by atoms with Crippen molar-refractivity contribution in [2.75, 3.05) is 13.2 Å². The molecule has 4 nitrogen and oxygen atoms in total. The van der Waals surface area contributed by atoms with Gasteiger partial charge in [-0.15, -0.1) is 0 Å². The van der Waals surface area contributed by atoms with Gasteiger partial charge in [0, 0.05) is 0 Å². The number of hydrogen-bond acceptors (Lipinski definition) is 3. The molecule has 0 saturated heterocycles. The van der Waals surface area contributed by atoms with E-state index >= 15 is 0 Å². The van der Waals surface area contributed by atoms with Gasteiger partial charge >= 0.3 is 5.97 Å². The molecule has 0 aromatic heterocycles. The van der Waals surface area contributed by atoms with Gasteiger partial charge in [0.05, 0.1) is 5.41 Å². The van der Waals surface area contributed by atoms with E-state index in [1.54, 1.807) is 0 Å². The van der Waals surface area contributed by atoms with Gasteiger partial charge in [-0.1, -0.05) is 31.7 Å². The minimum absolute atomic E-state index is 0.524. The molecule has 0 radical (unpaired) electrons. The van der Waals surface area contributed by atoms with E-state index in [-0.39, 0.29) is 0 Å². The Hall–Kier alpha value is -1.71. The highest BCUT2D eigenvalue weighted by Gasteiger charge is 2.41. The zero-order valence-electron chi connectivity index (χ0n) is 11.6. The van der Waals surface area contributed by atoms with Gasteiger partial charge in [-0.25, -0.2) is 0 Å². The van der Waals surface area contributed by atoms with Crippen LogP contribution in [-0.2, 0) is 10.2 Å². The van der Waals surface area contributed by atoms with E-state index < -0.39 is 11.4 Å². The zero-order valence-corrected chi connectivity index (χ0v) is 11.6. The average Bonchev–Trinajstić information content (AvgIpc) is 2.73. The molecule has 4 heteroatoms. The van der Waals surface area contributed by atoms with E-state index in [0.717, 1.165) is 31.2 Å². The van der Waals surface area contributed by atoms with Crippen LogP contribution in [0.25, 0.3) is 0 Å². The van der Waals surface area contributed by atoms with E-state index in [1.165, 1.54) is 0 Å². The number of rotatable bonds is 2. The topological polar surface area (TPSA) is 55.8 Å². The number of hydrogen-bond donors (Lipinski definition) is 1. The molecule has 1 saturated carbocycles. The van der Waals surface area contributed by atoms with Crippen LogP contribution >= 0.6 is 0 Å². The summed E-state index contributed by atoms with van der Waals surface area (Å²) in [4.78, 5) is 11.9. The summed E-state index contributed by atoms with van der Waals surface area (Å²) in [5.41, 5.74) is 0.0999. The quantitative estimate of drug-likeness (QED) is 0.843. The van der Waals surface area contributed by atoms with Crippen LogP contribution in [0, 0.1) is 0 Å². The maximum Gasteiger partial charge on any atom is 0.314 e. The molecule has 20 heavy (non-hydrogen) atoms. The highest BCUT2D eigenvalue weighted by atomic mass is 16.6. The van der Waals surface area contributed by atoms with E-state index in [9.17, 15) is 9.90 Å². The molecule has 1 N–H and O–H groups in total. The molecule has 3 rings (SSSR count). The summed E-state index contributed by atoms with van der Waals surface area (Å²) in [7, 11) is 0. The SMILES string of the molecule is O=C(O)C1(c2ccc3c(c2)OCCO3)CCCCCC1. The van der Waals surface area contributed by atoms with Gasteiger partial charge in [0.1, 0.15) is 13.2 Å². The Balaban J connectivity index is 2.00. The highest BCUT2D eigenvalue weighted by molar-refractivity contribution is 5.81. The third kappa shape index (κ3) is 2.23. The molecule has 1 aromatic carbocycles. The van der Waals surface area contributed by atoms with Crippen molar-refractivity contribution < 1.29 is 19.4 Å². The standard InChI is InChI=1S/C16H20O4/c17-15(18)16(7-3-1-2-4-8-16)12-5-6-13-14(11-12)20-10-9-19-13/h5-6,11H,1-4,7-10H2,(H,17,18). The molecule has 0 unspecified atom stereocenters. The molecule has 0 spiro atoms. The molecular formula is C16H20O4. The molecule has 2 aliphatic rings. The number of carbonyl (C=O) groups is 1. The van der Waals surface area contributed by atoms with Crippen LogP contribution in [0.15, 0.2) is 18.2 Å². The summed E-state index contributed by atoms with van der Waals surface area (Å²) in [5, 5.41) is 9.80. The first-order valence-electron chi connectivity index (χ1n) is 7.36. The molecule has 0 amide bonds. The van der Waals surface area contributed by atoms with E-state index in [2.05, 4.69) is 0 Å². The molecular weight excluding hydrogens is 256 g/mol. The largest absolute Gasteiger partial charge is 0.486 e. The van der Waals surface area contributed by atoms with Crippen molar-refractivity contribution in [2.24, 2.45) is 0 Å². The highest BCUT2D eigenvalue weighted by Crippen LogP contribution is 2.42. The third-order valence-electron chi connectivity index (χ3n) is 4.46. The van der Waals surface area contributed by atoms with Crippen molar-refractivity contribution in [1.29, 1.82) is 0 Å². The average molecular weight is 276 g/mol. The number of benzene rings is 1. The van der Waals surface area contributed by atoms with Crippen molar-refractivity contribution in [3.05, 3.63) is 23.8 Å². The first-order chi connectivity index (χ1) is 9.72. The van der Waals surface area contributed by atoms with E-state index in [1.807, 2.05) is 18.2 Å². The maximum atomic E-state index is 11.9. The lowest BCUT2D eigenvalue weighted by atomic mass is 9.74. The Bertz CT molecular complexity index is 501. The fraction of sp³-hybridized carbons (Fsp3) is 0.562. The molecule has 0 bridgehead atoms. The van der Waals surface area contributed by atoms with Gasteiger partial charge in [0.2, 0.25) is 0 Å². The second-order valence-electron chi connectivity index (χ2n) is 5.66. The van der Waals surface area contributed by atoms with Gasteiger partial charge in [-0.2, -0.15) is 0 Å². The zero-order chi connectivity index (χ0) is 14.0. The summed E-state index contributed by atoms with van der Waals surface area (Å²) in [6, 6.07) is 5.61. The first kappa shape index (κ1) is 13.3. The second-order valence-corrected chi connectivity index (χ2v) is 5.66. The normalized spacial score (nSPS) is 21.0. The smallest absolute Gasteiger partial charge is 0.314 e. The number of carboxylic acids is 1. The molecule has 108 valence electrons. The summed E-state index contributed by atoms with van der Waals surface area (Å²) < 4.78 is 11.1. The Labute approximate surface area is 118 Å². The predicted molar refractivity (Wildman–Crippen MR) is 74.4 cm³/mol. The van der Waals surface area contributed by atoms with Crippen LogP contribution in [-0.4, -0.2) is 24.3 Å². The van der Waals surface area contributed by atoms with Crippen molar-refractivity contribution in [2.45, 2.75) is 43.9 Å². The molecule has 1 aliphatic carbocycles. The van der Waals surface area contributed by atoms with E-state index in [4.69, 9.17) is 9.47 Å². The Kier molecular flexibility index (Phi) is 3.55. The van der Waals surface area contributed by atoms with Gasteiger partial charge in [-0.3, -0.25) is 4.79 Å². The maximum absolute atomic E-state index is 11.9. The number of carboxylic acid groups (broad SMARTS) is 1. The van der Waals surface area contributed by atoms with Gasteiger partial charge in [-0.05, 0) is 30.5 Å². The van der Waals surface area contributed by atoms with Gasteiger partial charge in [0.15, 0.2) is 11.5 Å². The number of fused-ring (bicyclic) bond motifs is 1. The van der Waals surface area contributed by atoms with Gasteiger partial charge in [0.25, 0.3) is 0 Å². The lowest BCUT2D eigenvalue weighted by Gasteiger charge is -2.30. The van der Waals surface area contributed by atoms with Crippen molar-refractivity contribution >= 4 is 5.97 Å². The third-order valence-corrected chi connectivity index (χ3v) is 4.46. The van der Waals surface area contributed by atoms with Crippen LogP contribution in [0.3, 0.4) is 0 Å². The lowest BCUT2D eigenvalue weighted by molar-refractivity contribution is -0.144. The Morgan fingerprint density at radius 2 is 1.65 bits per heavy atom. The van der Waals surface area contributed by atoms with Crippen LogP contribution in [0.2, 0.25) is 0 Å². The minimum atomic E-state index is -0.758. The van der Waals surface area contributed by atoms with Gasteiger partial charge < -0.3 is 14.6 Å². The first-order valence-corrected chi connectivity index (χ1v) is 7.36. The van der Waals surface area contributed by atoms with Crippen molar-refractivity contribution in [1.82, 2.24) is 0 Å². The Morgan fingerprint density at radius 3 is 2.30 bits per heavy atom. The number of ether oxygens (including phenoxy) is 2. The van der Waals surface area contributed by atoms with Crippen LogP contribution in [0.4, 0.5) is 0 Å². The Morgan fingerprint density at radius 1 is 1.00 bits per heavy atom. The fourth-order valence-electron chi connectivity index (χ4n) is 3.30. The fourth-order valence-corrected chi connectivity index (χ4v) is 3.30. The minimum Gasteiger partial charge on any atom is -0.486 e. The molecule has 1 fully saturated rings. The van der Waals surface area contributed by atoms with Crippen LogP contribution in [0.5, 0.6) is 11.5 Å². The molecule has 1 aliphatic heterocycles. The predicted octanol–water partition coefficient (Wildman–Crippen LogP) is 3.13. The summed E-state index contributed by atoms with van der Waals surface area (Å²) in [5.74, 6) is 0.684. The second kappa shape index (κ2) is 5.35.